The molecule has 0 atom stereocenters. The second-order valence-electron chi connectivity index (χ2n) is 11.2. The number of ketones is 1. The van der Waals surface area contributed by atoms with Gasteiger partial charge in [-0.05, 0) is 62.4 Å². The van der Waals surface area contributed by atoms with Crippen molar-refractivity contribution >= 4 is 35.4 Å². The smallest absolute Gasteiger partial charge is 0.193 e. The van der Waals surface area contributed by atoms with Crippen LogP contribution in [0.1, 0.15) is 68.6 Å². The highest BCUT2D eigenvalue weighted by Gasteiger charge is 2.45. The number of rotatable bonds is 3. The van der Waals surface area contributed by atoms with Gasteiger partial charge in [0.1, 0.15) is 8.07 Å². The van der Waals surface area contributed by atoms with Gasteiger partial charge in [0.05, 0.1) is 0 Å². The number of carbonyl (C=O) groups excluding carboxylic acids is 1. The average molecular weight is 491 g/mol. The minimum Gasteiger partial charge on any atom is -0.369 e. The van der Waals surface area contributed by atoms with Gasteiger partial charge in [0.15, 0.2) is 11.4 Å². The van der Waals surface area contributed by atoms with Crippen molar-refractivity contribution in [3.8, 4) is 11.5 Å². The molecule has 4 aromatic rings. The maximum Gasteiger partial charge on any atom is 0.193 e. The van der Waals surface area contributed by atoms with Crippen LogP contribution in [-0.4, -0.2) is 19.0 Å². The summed E-state index contributed by atoms with van der Waals surface area (Å²) in [5, 5.41) is 16.6. The Bertz CT molecular complexity index is 1450. The third-order valence-corrected chi connectivity index (χ3v) is 14.7. The third-order valence-electron chi connectivity index (χ3n) is 8.37. The molecule has 0 fully saturated rings. The summed E-state index contributed by atoms with van der Waals surface area (Å²) < 4.78 is 0. The molecular formula is C33H34O2Si. The van der Waals surface area contributed by atoms with Gasteiger partial charge in [0.25, 0.3) is 0 Å². The predicted molar refractivity (Wildman–Crippen MR) is 153 cm³/mol. The summed E-state index contributed by atoms with van der Waals surface area (Å²) in [7, 11) is -2.13. The minimum absolute atomic E-state index is 0.0527. The van der Waals surface area contributed by atoms with Crippen molar-refractivity contribution in [2.24, 2.45) is 0 Å². The summed E-state index contributed by atoms with van der Waals surface area (Å²) in [6.07, 6.45) is 0. The summed E-state index contributed by atoms with van der Waals surface area (Å²) in [6, 6.07) is 23.8. The molecule has 0 bridgehead atoms. The maximum absolute atomic E-state index is 13.9. The van der Waals surface area contributed by atoms with Crippen LogP contribution in [0.25, 0.3) is 21.5 Å². The molecule has 5 rings (SSSR count). The highest BCUT2D eigenvalue weighted by Crippen LogP contribution is 2.45. The van der Waals surface area contributed by atoms with Crippen molar-refractivity contribution in [2.45, 2.75) is 63.8 Å². The fourth-order valence-corrected chi connectivity index (χ4v) is 11.8. The first-order valence-electron chi connectivity index (χ1n) is 13.0. The van der Waals surface area contributed by atoms with Crippen LogP contribution in [0, 0.1) is 11.5 Å². The molecule has 0 radical (unpaired) electrons. The lowest BCUT2D eigenvalue weighted by Gasteiger charge is -2.39. The summed E-state index contributed by atoms with van der Waals surface area (Å²) in [5.41, 5.74) is 5.78. The van der Waals surface area contributed by atoms with E-state index in [1.54, 1.807) is 0 Å². The van der Waals surface area contributed by atoms with Gasteiger partial charge in [-0.15, -0.1) is 5.54 Å². The maximum atomic E-state index is 13.9. The lowest BCUT2D eigenvalue weighted by Crippen LogP contribution is -2.44. The molecule has 3 heteroatoms. The van der Waals surface area contributed by atoms with Gasteiger partial charge < -0.3 is 5.11 Å². The van der Waals surface area contributed by atoms with Crippen molar-refractivity contribution in [1.82, 2.24) is 0 Å². The molecule has 0 aliphatic heterocycles. The largest absolute Gasteiger partial charge is 0.369 e. The molecular weight excluding hydrogens is 456 g/mol. The molecule has 0 saturated carbocycles. The fourth-order valence-electron chi connectivity index (χ4n) is 6.51. The summed E-state index contributed by atoms with van der Waals surface area (Å²) in [6.45, 7) is 13.7. The van der Waals surface area contributed by atoms with Gasteiger partial charge in [-0.25, -0.2) is 0 Å². The Hall–Kier alpha value is -3.19. The van der Waals surface area contributed by atoms with Crippen LogP contribution in [0.5, 0.6) is 0 Å². The first-order chi connectivity index (χ1) is 17.1. The Kier molecular flexibility index (Phi) is 5.94. The van der Waals surface area contributed by atoms with Crippen molar-refractivity contribution in [2.75, 3.05) is 0 Å². The molecule has 4 aromatic carbocycles. The van der Waals surface area contributed by atoms with E-state index in [1.807, 2.05) is 72.8 Å². The standard InChI is InChI=1S/C33H34O2Si/c1-21(2)36(22(3)4,23(5)6)16-15-33(35)30-19-26-13-9-7-11-24(26)17-28(30)32(34)29-18-25-12-8-10-14-27(25)20-31(29)33/h7-14,17-23,35H,1-6H3. The van der Waals surface area contributed by atoms with Crippen molar-refractivity contribution < 1.29 is 9.90 Å². The molecule has 1 aliphatic rings. The molecule has 0 unspecified atom stereocenters. The van der Waals surface area contributed by atoms with Crippen molar-refractivity contribution in [1.29, 1.82) is 0 Å². The van der Waals surface area contributed by atoms with Crippen LogP contribution in [0.15, 0.2) is 72.8 Å². The number of fused-ring (bicyclic) bond motifs is 4. The Labute approximate surface area is 215 Å². The topological polar surface area (TPSA) is 37.3 Å². The van der Waals surface area contributed by atoms with E-state index in [9.17, 15) is 9.90 Å². The quantitative estimate of drug-likeness (QED) is 0.233. The highest BCUT2D eigenvalue weighted by atomic mass is 28.3. The van der Waals surface area contributed by atoms with Crippen LogP contribution in [0.2, 0.25) is 16.6 Å². The summed E-state index contributed by atoms with van der Waals surface area (Å²) >= 11 is 0. The van der Waals surface area contributed by atoms with Crippen LogP contribution >= 0.6 is 0 Å². The second-order valence-corrected chi connectivity index (χ2v) is 16.8. The first-order valence-corrected chi connectivity index (χ1v) is 15.2. The Balaban J connectivity index is 1.87. The van der Waals surface area contributed by atoms with Crippen LogP contribution < -0.4 is 0 Å². The summed E-state index contributed by atoms with van der Waals surface area (Å²) in [5.74, 6) is 3.41. The van der Waals surface area contributed by atoms with E-state index in [2.05, 4.69) is 53.0 Å². The number of benzene rings is 4. The molecule has 1 N–H and O–H groups in total. The number of aliphatic hydroxyl groups is 1. The number of carbonyl (C=O) groups is 1. The number of hydrogen-bond donors (Lipinski definition) is 1. The van der Waals surface area contributed by atoms with E-state index in [0.717, 1.165) is 21.5 Å². The zero-order valence-electron chi connectivity index (χ0n) is 22.0. The first kappa shape index (κ1) is 24.5. The van der Waals surface area contributed by atoms with E-state index < -0.39 is 13.7 Å². The third kappa shape index (κ3) is 3.55. The monoisotopic (exact) mass is 490 g/mol. The van der Waals surface area contributed by atoms with Crippen LogP contribution in [0.4, 0.5) is 0 Å². The Morgan fingerprint density at radius 2 is 1.03 bits per heavy atom. The van der Waals surface area contributed by atoms with Crippen molar-refractivity contribution in [3.63, 3.8) is 0 Å². The lowest BCUT2D eigenvalue weighted by atomic mass is 9.73. The molecule has 36 heavy (non-hydrogen) atoms. The molecule has 0 saturated heterocycles. The van der Waals surface area contributed by atoms with Crippen molar-refractivity contribution in [3.05, 3.63) is 95.1 Å². The van der Waals surface area contributed by atoms with E-state index in [-0.39, 0.29) is 5.78 Å². The fraction of sp³-hybridized carbons (Fsp3) is 0.303. The van der Waals surface area contributed by atoms with Crippen LogP contribution in [-0.2, 0) is 5.60 Å². The van der Waals surface area contributed by atoms with Gasteiger partial charge >= 0.3 is 0 Å². The van der Waals surface area contributed by atoms with Gasteiger partial charge in [-0.2, -0.15) is 0 Å². The molecule has 0 spiro atoms. The Morgan fingerprint density at radius 3 is 1.39 bits per heavy atom. The van der Waals surface area contributed by atoms with Crippen LogP contribution in [0.3, 0.4) is 0 Å². The zero-order chi connectivity index (χ0) is 25.8. The molecule has 0 heterocycles. The van der Waals surface area contributed by atoms with E-state index in [1.165, 1.54) is 0 Å². The average Bonchev–Trinajstić information content (AvgIpc) is 2.85. The molecule has 0 aromatic heterocycles. The van der Waals surface area contributed by atoms with Gasteiger partial charge in [-0.3, -0.25) is 4.79 Å². The highest BCUT2D eigenvalue weighted by molar-refractivity contribution is 6.90. The molecule has 2 nitrogen and oxygen atoms in total. The van der Waals surface area contributed by atoms with E-state index >= 15 is 0 Å². The molecule has 1 aliphatic carbocycles. The van der Waals surface area contributed by atoms with E-state index in [0.29, 0.717) is 38.9 Å². The van der Waals surface area contributed by atoms with Gasteiger partial charge in [0.2, 0.25) is 0 Å². The van der Waals surface area contributed by atoms with Gasteiger partial charge in [0, 0.05) is 22.3 Å². The minimum atomic E-state index is -2.13. The SMILES string of the molecule is CC(C)[Si](C#CC1(O)c2cc3ccccc3cc2C(=O)c2cc3ccccc3cc21)(C(C)C)C(C)C. The Morgan fingerprint density at radius 1 is 0.667 bits per heavy atom. The lowest BCUT2D eigenvalue weighted by molar-refractivity contribution is 0.0981. The van der Waals surface area contributed by atoms with Gasteiger partial charge in [-0.1, -0.05) is 96.0 Å². The summed E-state index contributed by atoms with van der Waals surface area (Å²) in [4.78, 5) is 13.9. The molecule has 182 valence electrons. The second kappa shape index (κ2) is 8.73. The predicted octanol–water partition coefficient (Wildman–Crippen LogP) is 7.99. The van der Waals surface area contributed by atoms with E-state index in [4.69, 9.17) is 0 Å². The number of hydrogen-bond acceptors (Lipinski definition) is 2. The molecule has 0 amide bonds. The zero-order valence-corrected chi connectivity index (χ0v) is 23.0. The normalized spacial score (nSPS) is 14.8.